The summed E-state index contributed by atoms with van der Waals surface area (Å²) in [6.45, 7) is 5.71. The van der Waals surface area contributed by atoms with Crippen LogP contribution in [0.4, 0.5) is 5.13 Å². The summed E-state index contributed by atoms with van der Waals surface area (Å²) < 4.78 is 2.23. The zero-order valence-corrected chi connectivity index (χ0v) is 16.1. The Morgan fingerprint density at radius 2 is 1.89 bits per heavy atom. The zero-order chi connectivity index (χ0) is 19.1. The molecule has 6 nitrogen and oxygen atoms in total. The number of amides is 1. The molecule has 0 atom stereocenters. The molecular weight excluding hydrogens is 360 g/mol. The van der Waals surface area contributed by atoms with E-state index in [2.05, 4.69) is 27.5 Å². The average Bonchev–Trinajstić information content (AvgIpc) is 3.02. The predicted molar refractivity (Wildman–Crippen MR) is 108 cm³/mol. The van der Waals surface area contributed by atoms with Gasteiger partial charge in [0.1, 0.15) is 6.54 Å². The number of rotatable bonds is 3. The van der Waals surface area contributed by atoms with Crippen LogP contribution < -0.4 is 10.9 Å². The highest BCUT2D eigenvalue weighted by atomic mass is 32.1. The van der Waals surface area contributed by atoms with E-state index in [1.54, 1.807) is 12.1 Å². The van der Waals surface area contributed by atoms with Crippen molar-refractivity contribution in [2.75, 3.05) is 5.32 Å². The topological polar surface area (TPSA) is 76.9 Å². The molecule has 1 amide bonds. The molecule has 1 N–H and O–H groups in total. The fraction of sp³-hybridized carbons (Fsp3) is 0.200. The number of carbonyl (C=O) groups is 1. The molecule has 4 aromatic rings. The third-order valence-electron chi connectivity index (χ3n) is 4.42. The second-order valence-corrected chi connectivity index (χ2v) is 7.62. The SMILES string of the molecule is Cc1cc(C)c2nc(NC(=O)Cn3nc(C)c4ccccc4c3=O)sc2c1. The van der Waals surface area contributed by atoms with Crippen molar-refractivity contribution < 1.29 is 4.79 Å². The lowest BCUT2D eigenvalue weighted by Gasteiger charge is -2.08. The molecule has 0 spiro atoms. The molecule has 0 fully saturated rings. The molecule has 0 radical (unpaired) electrons. The van der Waals surface area contributed by atoms with Crippen LogP contribution in [0.15, 0.2) is 41.2 Å². The first-order valence-corrected chi connectivity index (χ1v) is 9.38. The molecule has 2 aromatic heterocycles. The Morgan fingerprint density at radius 3 is 2.67 bits per heavy atom. The first-order chi connectivity index (χ1) is 12.9. The zero-order valence-electron chi connectivity index (χ0n) is 15.2. The highest BCUT2D eigenvalue weighted by Crippen LogP contribution is 2.29. The fourth-order valence-corrected chi connectivity index (χ4v) is 4.29. The van der Waals surface area contributed by atoms with Crippen molar-refractivity contribution in [2.45, 2.75) is 27.3 Å². The lowest BCUT2D eigenvalue weighted by Crippen LogP contribution is -2.30. The number of carbonyl (C=O) groups excluding carboxylic acids is 1. The van der Waals surface area contributed by atoms with Gasteiger partial charge < -0.3 is 5.32 Å². The minimum atomic E-state index is -0.326. The molecule has 0 aliphatic carbocycles. The maximum absolute atomic E-state index is 12.6. The molecule has 2 heterocycles. The summed E-state index contributed by atoms with van der Waals surface area (Å²) in [5.41, 5.74) is 3.55. The summed E-state index contributed by atoms with van der Waals surface area (Å²) in [7, 11) is 0. The van der Waals surface area contributed by atoms with Gasteiger partial charge in [0.05, 0.1) is 21.3 Å². The normalized spacial score (nSPS) is 11.2. The molecular formula is C20H18N4O2S. The van der Waals surface area contributed by atoms with E-state index in [9.17, 15) is 9.59 Å². The van der Waals surface area contributed by atoms with E-state index in [4.69, 9.17) is 0 Å². The average molecular weight is 378 g/mol. The smallest absolute Gasteiger partial charge is 0.275 e. The van der Waals surface area contributed by atoms with Crippen molar-refractivity contribution in [3.05, 3.63) is 63.6 Å². The fourth-order valence-electron chi connectivity index (χ4n) is 3.23. The molecule has 27 heavy (non-hydrogen) atoms. The Kier molecular flexibility index (Phi) is 4.24. The first-order valence-electron chi connectivity index (χ1n) is 8.56. The summed E-state index contributed by atoms with van der Waals surface area (Å²) >= 11 is 1.42. The number of benzene rings is 2. The van der Waals surface area contributed by atoms with Gasteiger partial charge in [-0.05, 0) is 44.0 Å². The molecule has 7 heteroatoms. The number of anilines is 1. The molecule has 0 saturated heterocycles. The van der Waals surface area contributed by atoms with Crippen LogP contribution in [-0.4, -0.2) is 20.7 Å². The largest absolute Gasteiger partial charge is 0.300 e. The number of nitrogens with zero attached hydrogens (tertiary/aromatic N) is 3. The standard InChI is InChI=1S/C20H18N4O2S/c1-11-8-12(2)18-16(9-11)27-20(22-18)21-17(25)10-24-19(26)15-7-5-4-6-14(15)13(3)23-24/h4-9H,10H2,1-3H3,(H,21,22,25). The summed E-state index contributed by atoms with van der Waals surface area (Å²) in [4.78, 5) is 29.6. The highest BCUT2D eigenvalue weighted by molar-refractivity contribution is 7.22. The quantitative estimate of drug-likeness (QED) is 0.591. The third-order valence-corrected chi connectivity index (χ3v) is 5.34. The molecule has 0 saturated carbocycles. The molecule has 0 aliphatic heterocycles. The summed E-state index contributed by atoms with van der Waals surface area (Å²) in [6, 6.07) is 11.4. The van der Waals surface area contributed by atoms with Gasteiger partial charge in [0.2, 0.25) is 5.91 Å². The molecule has 0 bridgehead atoms. The second kappa shape index (κ2) is 6.59. The van der Waals surface area contributed by atoms with E-state index >= 15 is 0 Å². The van der Waals surface area contributed by atoms with Gasteiger partial charge in [0.25, 0.3) is 5.56 Å². The predicted octanol–water partition coefficient (Wildman–Crippen LogP) is 3.57. The van der Waals surface area contributed by atoms with Gasteiger partial charge in [-0.15, -0.1) is 0 Å². The van der Waals surface area contributed by atoms with Crippen molar-refractivity contribution >= 4 is 43.4 Å². The number of aryl methyl sites for hydroxylation is 3. The summed E-state index contributed by atoms with van der Waals surface area (Å²) in [5, 5.41) is 8.95. The van der Waals surface area contributed by atoms with E-state index in [1.807, 2.05) is 32.9 Å². The van der Waals surface area contributed by atoms with Crippen LogP contribution in [0.3, 0.4) is 0 Å². The van der Waals surface area contributed by atoms with Gasteiger partial charge in [-0.1, -0.05) is 35.6 Å². The molecule has 2 aromatic carbocycles. The number of aromatic nitrogens is 3. The van der Waals surface area contributed by atoms with Gasteiger partial charge in [-0.3, -0.25) is 9.59 Å². The van der Waals surface area contributed by atoms with E-state index in [0.717, 1.165) is 26.7 Å². The van der Waals surface area contributed by atoms with E-state index in [0.29, 0.717) is 16.2 Å². The van der Waals surface area contributed by atoms with Crippen LogP contribution in [0, 0.1) is 20.8 Å². The minimum Gasteiger partial charge on any atom is -0.300 e. The highest BCUT2D eigenvalue weighted by Gasteiger charge is 2.13. The van der Waals surface area contributed by atoms with Gasteiger partial charge >= 0.3 is 0 Å². The Bertz CT molecular complexity index is 1260. The third kappa shape index (κ3) is 3.21. The van der Waals surface area contributed by atoms with Gasteiger partial charge in [-0.2, -0.15) is 5.10 Å². The van der Waals surface area contributed by atoms with E-state index in [1.165, 1.54) is 16.0 Å². The maximum Gasteiger partial charge on any atom is 0.275 e. The van der Waals surface area contributed by atoms with Crippen LogP contribution >= 0.6 is 11.3 Å². The number of hydrogen-bond acceptors (Lipinski definition) is 5. The molecule has 4 rings (SSSR count). The minimum absolute atomic E-state index is 0.154. The first kappa shape index (κ1) is 17.4. The number of nitrogens with one attached hydrogen (secondary N) is 1. The Morgan fingerprint density at radius 1 is 1.15 bits per heavy atom. The Balaban J connectivity index is 1.62. The van der Waals surface area contributed by atoms with Crippen molar-refractivity contribution in [2.24, 2.45) is 0 Å². The van der Waals surface area contributed by atoms with E-state index in [-0.39, 0.29) is 18.0 Å². The Hall–Kier alpha value is -3.06. The summed E-state index contributed by atoms with van der Waals surface area (Å²) in [6.07, 6.45) is 0. The lowest BCUT2D eigenvalue weighted by molar-refractivity contribution is -0.117. The Labute approximate surface area is 159 Å². The van der Waals surface area contributed by atoms with Gasteiger partial charge in [0, 0.05) is 5.39 Å². The molecule has 0 aliphatic rings. The van der Waals surface area contributed by atoms with Crippen molar-refractivity contribution in [3.8, 4) is 0 Å². The number of hydrogen-bond donors (Lipinski definition) is 1. The maximum atomic E-state index is 12.6. The molecule has 136 valence electrons. The second-order valence-electron chi connectivity index (χ2n) is 6.59. The number of thiazole rings is 1. The van der Waals surface area contributed by atoms with Gasteiger partial charge in [-0.25, -0.2) is 9.67 Å². The van der Waals surface area contributed by atoms with Gasteiger partial charge in [0.15, 0.2) is 5.13 Å². The summed E-state index contributed by atoms with van der Waals surface area (Å²) in [5.74, 6) is -0.326. The molecule has 0 unspecified atom stereocenters. The van der Waals surface area contributed by atoms with Crippen LogP contribution in [-0.2, 0) is 11.3 Å². The van der Waals surface area contributed by atoms with Crippen molar-refractivity contribution in [1.29, 1.82) is 0 Å². The van der Waals surface area contributed by atoms with Crippen molar-refractivity contribution in [1.82, 2.24) is 14.8 Å². The lowest BCUT2D eigenvalue weighted by atomic mass is 10.1. The monoisotopic (exact) mass is 378 g/mol. The van der Waals surface area contributed by atoms with Crippen LogP contribution in [0.1, 0.15) is 16.8 Å². The van der Waals surface area contributed by atoms with Crippen LogP contribution in [0.5, 0.6) is 0 Å². The van der Waals surface area contributed by atoms with E-state index < -0.39 is 0 Å². The van der Waals surface area contributed by atoms with Crippen LogP contribution in [0.25, 0.3) is 21.0 Å². The van der Waals surface area contributed by atoms with Crippen molar-refractivity contribution in [3.63, 3.8) is 0 Å². The number of fused-ring (bicyclic) bond motifs is 2. The van der Waals surface area contributed by atoms with Crippen LogP contribution in [0.2, 0.25) is 0 Å².